The van der Waals surface area contributed by atoms with Crippen LogP contribution in [-0.4, -0.2) is 24.7 Å². The van der Waals surface area contributed by atoms with E-state index >= 15 is 0 Å². The fraction of sp³-hybridized carbons (Fsp3) is 0.545. The van der Waals surface area contributed by atoms with E-state index in [9.17, 15) is 0 Å². The summed E-state index contributed by atoms with van der Waals surface area (Å²) >= 11 is 0. The summed E-state index contributed by atoms with van der Waals surface area (Å²) in [7, 11) is 0. The molecule has 0 spiro atoms. The Kier molecular flexibility index (Phi) is 18.4. The molecule has 2 aliphatic rings. The van der Waals surface area contributed by atoms with E-state index in [-0.39, 0.29) is 22.4 Å². The molecular formula is C11H17AgN3O-2. The predicted octanol–water partition coefficient (Wildman–Crippen LogP) is 2.83. The van der Waals surface area contributed by atoms with Crippen LogP contribution < -0.4 is 0 Å². The Hall–Kier alpha value is -0.730. The van der Waals surface area contributed by atoms with Crippen LogP contribution in [0, 0.1) is 11.5 Å². The average Bonchev–Trinajstić information content (AvgIpc) is 2.35. The van der Waals surface area contributed by atoms with Crippen LogP contribution in [0.3, 0.4) is 0 Å². The van der Waals surface area contributed by atoms with Crippen molar-refractivity contribution in [3.8, 4) is 6.26 Å². The van der Waals surface area contributed by atoms with Crippen LogP contribution in [0.1, 0.15) is 19.3 Å². The smallest absolute Gasteiger partial charge is 0.283 e. The molecule has 0 bridgehead atoms. The van der Waals surface area contributed by atoms with E-state index < -0.39 is 0 Å². The van der Waals surface area contributed by atoms with Gasteiger partial charge in [-0.15, -0.1) is 25.7 Å². The fourth-order valence-corrected chi connectivity index (χ4v) is 1.11. The van der Waals surface area contributed by atoms with Crippen molar-refractivity contribution in [3.63, 3.8) is 0 Å². The van der Waals surface area contributed by atoms with E-state index in [4.69, 9.17) is 10.4 Å². The molecule has 2 heterocycles. The first kappa shape index (κ1) is 17.7. The predicted molar refractivity (Wildman–Crippen MR) is 61.0 cm³/mol. The van der Waals surface area contributed by atoms with Crippen LogP contribution in [0.5, 0.6) is 0 Å². The van der Waals surface area contributed by atoms with E-state index in [1.807, 2.05) is 18.2 Å². The Labute approximate surface area is 113 Å². The van der Waals surface area contributed by atoms with Gasteiger partial charge >= 0.3 is 0 Å². The van der Waals surface area contributed by atoms with E-state index in [1.54, 1.807) is 6.20 Å². The molecule has 0 saturated carbocycles. The second kappa shape index (κ2) is 16.7. The van der Waals surface area contributed by atoms with Crippen LogP contribution in [0.15, 0.2) is 24.4 Å². The molecule has 0 unspecified atom stereocenters. The normalized spacial score (nSPS) is 15.9. The van der Waals surface area contributed by atoms with E-state index in [1.165, 1.54) is 19.3 Å². The topological polar surface area (TPSA) is 72.2 Å². The van der Waals surface area contributed by atoms with Crippen molar-refractivity contribution < 1.29 is 27.5 Å². The first-order valence-corrected chi connectivity index (χ1v) is 5.06. The molecule has 95 valence electrons. The van der Waals surface area contributed by atoms with Gasteiger partial charge in [-0.3, -0.25) is 0 Å². The Morgan fingerprint density at radius 1 is 1.12 bits per heavy atom. The molecule has 1 fully saturated rings. The summed E-state index contributed by atoms with van der Waals surface area (Å²) in [4.78, 5) is 0. The summed E-state index contributed by atoms with van der Waals surface area (Å²) in [6.45, 7) is 3.11. The number of hydrogen-bond donors (Lipinski definition) is 1. The molecule has 0 aromatic carbocycles. The van der Waals surface area contributed by atoms with Gasteiger partial charge in [0.2, 0.25) is 0 Å². The maximum absolute atomic E-state index is 6.88. The van der Waals surface area contributed by atoms with Crippen LogP contribution in [0.4, 0.5) is 0 Å². The minimum Gasteiger partial charge on any atom is -0.687 e. The largest absolute Gasteiger partial charge is 0.687 e. The van der Waals surface area contributed by atoms with Crippen molar-refractivity contribution in [3.05, 3.63) is 35.1 Å². The van der Waals surface area contributed by atoms with Crippen LogP contribution >= 0.6 is 0 Å². The zero-order chi connectivity index (χ0) is 11.2. The molecule has 0 aliphatic carbocycles. The van der Waals surface area contributed by atoms with Gasteiger partial charge in [0, 0.05) is 22.4 Å². The maximum atomic E-state index is 6.88. The molecule has 2 rings (SSSR count). The molecule has 1 radical (unpaired) electrons. The van der Waals surface area contributed by atoms with Crippen molar-refractivity contribution in [2.75, 3.05) is 19.6 Å². The summed E-state index contributed by atoms with van der Waals surface area (Å²) in [5.41, 5.74) is 0. The van der Waals surface area contributed by atoms with Gasteiger partial charge in [-0.05, 0) is 0 Å². The number of aliphatic hydroxyl groups excluding tert-OH is 1. The summed E-state index contributed by atoms with van der Waals surface area (Å²) in [5, 5.41) is 21.8. The summed E-state index contributed by atoms with van der Waals surface area (Å²) < 4.78 is 0. The molecule has 1 saturated heterocycles. The van der Waals surface area contributed by atoms with Gasteiger partial charge in [-0.25, -0.2) is 0 Å². The van der Waals surface area contributed by atoms with Crippen molar-refractivity contribution in [2.45, 2.75) is 19.3 Å². The van der Waals surface area contributed by atoms with Crippen LogP contribution in [0.2, 0.25) is 0 Å². The number of allylic oxidation sites excluding steroid dienone is 2. The third-order valence-electron chi connectivity index (χ3n) is 1.78. The van der Waals surface area contributed by atoms with Gasteiger partial charge in [-0.2, -0.15) is 11.5 Å². The number of rotatable bonds is 0. The van der Waals surface area contributed by atoms with Gasteiger partial charge in [0.25, 0.3) is 6.26 Å². The molecule has 0 atom stereocenters. The first-order chi connectivity index (χ1) is 7.41. The standard InChI is InChI=1S/C5H10N.C5H6N.CHNO.Ag/c2*1-2-4-6-5-3-1;2-1-3;/h1-5H2;1-4H,5H2;3H;/q2*-1;;. The summed E-state index contributed by atoms with van der Waals surface area (Å²) in [6.07, 6.45) is 12.6. The average molecular weight is 315 g/mol. The van der Waals surface area contributed by atoms with Gasteiger partial charge in [0.1, 0.15) is 0 Å². The number of aliphatic hydroxyl groups is 1. The molecule has 16 heavy (non-hydrogen) atoms. The summed E-state index contributed by atoms with van der Waals surface area (Å²) in [6, 6.07) is 0. The number of nitrogens with zero attached hydrogens (tertiary/aromatic N) is 3. The Bertz CT molecular complexity index is 196. The molecule has 0 amide bonds. The van der Waals surface area contributed by atoms with Gasteiger partial charge in [0.15, 0.2) is 0 Å². The van der Waals surface area contributed by atoms with Crippen molar-refractivity contribution in [1.82, 2.24) is 0 Å². The van der Waals surface area contributed by atoms with E-state index in [0.717, 1.165) is 25.9 Å². The minimum atomic E-state index is 0. The number of nitriles is 1. The van der Waals surface area contributed by atoms with Crippen molar-refractivity contribution in [2.24, 2.45) is 0 Å². The summed E-state index contributed by atoms with van der Waals surface area (Å²) in [5.74, 6) is 0. The monoisotopic (exact) mass is 314 g/mol. The molecule has 1 N–H and O–H groups in total. The molecule has 0 aromatic rings. The second-order valence-electron chi connectivity index (χ2n) is 2.97. The van der Waals surface area contributed by atoms with Gasteiger partial charge < -0.3 is 15.7 Å². The quantitative estimate of drug-likeness (QED) is 0.551. The van der Waals surface area contributed by atoms with Gasteiger partial charge in [0.05, 0.1) is 0 Å². The fourth-order valence-electron chi connectivity index (χ4n) is 1.11. The van der Waals surface area contributed by atoms with Crippen molar-refractivity contribution >= 4 is 0 Å². The zero-order valence-corrected chi connectivity index (χ0v) is 10.6. The number of hydrogen-bond acceptors (Lipinski definition) is 2. The first-order valence-electron chi connectivity index (χ1n) is 5.06. The van der Waals surface area contributed by atoms with Crippen LogP contribution in [0.25, 0.3) is 10.6 Å². The van der Waals surface area contributed by atoms with Gasteiger partial charge in [-0.1, -0.05) is 31.4 Å². The minimum absolute atomic E-state index is 0. The maximum Gasteiger partial charge on any atom is 0.283 e. The van der Waals surface area contributed by atoms with E-state index in [2.05, 4.69) is 10.6 Å². The number of piperidine rings is 1. The van der Waals surface area contributed by atoms with Crippen LogP contribution in [-0.2, 0) is 22.4 Å². The zero-order valence-electron chi connectivity index (χ0n) is 9.14. The second-order valence-corrected chi connectivity index (χ2v) is 2.97. The Morgan fingerprint density at radius 2 is 1.75 bits per heavy atom. The third kappa shape index (κ3) is 15.7. The van der Waals surface area contributed by atoms with Crippen molar-refractivity contribution in [1.29, 1.82) is 5.26 Å². The molecule has 0 aromatic heterocycles. The third-order valence-corrected chi connectivity index (χ3v) is 1.78. The Morgan fingerprint density at radius 3 is 1.88 bits per heavy atom. The SMILES string of the molecule is C1=CC[N-]C=C1.C1CC[N-]CC1.N#CO.[Ag]. The molecule has 4 nitrogen and oxygen atoms in total. The molecule has 2 aliphatic heterocycles. The molecular weight excluding hydrogens is 298 g/mol. The van der Waals surface area contributed by atoms with E-state index in [0.29, 0.717) is 0 Å². The molecule has 5 heteroatoms. The Balaban J connectivity index is 0.